The van der Waals surface area contributed by atoms with Crippen LogP contribution in [0.15, 0.2) is 72.8 Å². The van der Waals surface area contributed by atoms with Crippen LogP contribution in [-0.4, -0.2) is 6.61 Å². The Hall–Kier alpha value is -2.20. The van der Waals surface area contributed by atoms with Gasteiger partial charge in [-0.25, -0.2) is 0 Å². The van der Waals surface area contributed by atoms with Crippen LogP contribution in [0.2, 0.25) is 5.02 Å². The minimum Gasteiger partial charge on any atom is -0.490 e. The van der Waals surface area contributed by atoms with Gasteiger partial charge in [0.1, 0.15) is 6.61 Å². The average Bonchev–Trinajstić information content (AvgIpc) is 2.78. The summed E-state index contributed by atoms with van der Waals surface area (Å²) in [6, 6.07) is 24.8. The van der Waals surface area contributed by atoms with E-state index in [4.69, 9.17) is 21.1 Å². The topological polar surface area (TPSA) is 30.5 Å². The van der Waals surface area contributed by atoms with Crippen molar-refractivity contribution in [3.05, 3.63) is 94.5 Å². The minimum atomic E-state index is 0. The standard InChI is InChI=1S/C26H30ClNO2.ClH/c1-3-8-24(22-9-6-5-7-10-22)28-18-21-13-16-25(26(17-21)29-4-2)30-19-20-11-14-23(27)15-12-20;/h5-7,9-17,24,28H,3-4,8,18-19H2,1-2H3;1H. The molecule has 0 amide bonds. The third kappa shape index (κ3) is 7.77. The predicted molar refractivity (Wildman–Crippen MR) is 132 cm³/mol. The Balaban J connectivity index is 0.00000341. The molecule has 3 aromatic carbocycles. The van der Waals surface area contributed by atoms with Crippen LogP contribution < -0.4 is 14.8 Å². The molecule has 0 aliphatic carbocycles. The molecule has 1 unspecified atom stereocenters. The van der Waals surface area contributed by atoms with E-state index in [2.05, 4.69) is 54.7 Å². The van der Waals surface area contributed by atoms with Crippen molar-refractivity contribution < 1.29 is 9.47 Å². The summed E-state index contributed by atoms with van der Waals surface area (Å²) >= 11 is 5.96. The van der Waals surface area contributed by atoms with Crippen LogP contribution in [0.1, 0.15) is 49.4 Å². The molecule has 0 heterocycles. The highest BCUT2D eigenvalue weighted by Crippen LogP contribution is 2.30. The van der Waals surface area contributed by atoms with E-state index in [0.717, 1.165) is 41.5 Å². The van der Waals surface area contributed by atoms with Gasteiger partial charge in [0.2, 0.25) is 0 Å². The van der Waals surface area contributed by atoms with Gasteiger partial charge in [-0.1, -0.05) is 73.5 Å². The SMILES string of the molecule is CCCC(NCc1ccc(OCc2ccc(Cl)cc2)c(OCC)c1)c1ccccc1.Cl. The summed E-state index contributed by atoms with van der Waals surface area (Å²) in [5.41, 5.74) is 3.57. The summed E-state index contributed by atoms with van der Waals surface area (Å²) in [6.45, 7) is 6.05. The molecule has 0 aromatic heterocycles. The van der Waals surface area contributed by atoms with Crippen LogP contribution in [0, 0.1) is 0 Å². The molecule has 0 radical (unpaired) electrons. The van der Waals surface area contributed by atoms with Gasteiger partial charge in [-0.2, -0.15) is 0 Å². The van der Waals surface area contributed by atoms with Crippen molar-refractivity contribution in [3.8, 4) is 11.5 Å². The third-order valence-corrected chi connectivity index (χ3v) is 5.20. The zero-order valence-electron chi connectivity index (χ0n) is 18.1. The molecule has 1 atom stereocenters. The largest absolute Gasteiger partial charge is 0.490 e. The van der Waals surface area contributed by atoms with Crippen LogP contribution in [0.3, 0.4) is 0 Å². The van der Waals surface area contributed by atoms with Crippen molar-refractivity contribution in [2.75, 3.05) is 6.61 Å². The normalized spacial score (nSPS) is 11.5. The van der Waals surface area contributed by atoms with Gasteiger partial charge in [0, 0.05) is 17.6 Å². The molecule has 0 saturated heterocycles. The quantitative estimate of drug-likeness (QED) is 0.324. The zero-order valence-corrected chi connectivity index (χ0v) is 19.7. The molecule has 3 rings (SSSR count). The van der Waals surface area contributed by atoms with E-state index in [1.54, 1.807) is 0 Å². The van der Waals surface area contributed by atoms with Gasteiger partial charge in [-0.15, -0.1) is 12.4 Å². The van der Waals surface area contributed by atoms with Crippen molar-refractivity contribution >= 4 is 24.0 Å². The first kappa shape index (κ1) is 25.1. The van der Waals surface area contributed by atoms with Crippen LogP contribution in [-0.2, 0) is 13.2 Å². The summed E-state index contributed by atoms with van der Waals surface area (Å²) in [5, 5.41) is 4.42. The number of hydrogen-bond donors (Lipinski definition) is 1. The van der Waals surface area contributed by atoms with Gasteiger partial charge in [0.25, 0.3) is 0 Å². The molecule has 3 nitrogen and oxygen atoms in total. The van der Waals surface area contributed by atoms with Gasteiger partial charge < -0.3 is 14.8 Å². The fourth-order valence-corrected chi connectivity index (χ4v) is 3.52. The van der Waals surface area contributed by atoms with Crippen molar-refractivity contribution in [2.24, 2.45) is 0 Å². The molecule has 0 spiro atoms. The molecule has 0 bridgehead atoms. The number of hydrogen-bond acceptors (Lipinski definition) is 3. The Labute approximate surface area is 197 Å². The monoisotopic (exact) mass is 459 g/mol. The second-order valence-electron chi connectivity index (χ2n) is 7.26. The Kier molecular flexibility index (Phi) is 10.7. The molecule has 166 valence electrons. The number of nitrogens with one attached hydrogen (secondary N) is 1. The lowest BCUT2D eigenvalue weighted by Crippen LogP contribution is -2.20. The summed E-state index contributed by atoms with van der Waals surface area (Å²) in [5.74, 6) is 1.53. The molecule has 1 N–H and O–H groups in total. The average molecular weight is 460 g/mol. The molecule has 31 heavy (non-hydrogen) atoms. The van der Waals surface area contributed by atoms with Gasteiger partial charge in [-0.05, 0) is 54.3 Å². The third-order valence-electron chi connectivity index (χ3n) is 4.95. The van der Waals surface area contributed by atoms with Crippen molar-refractivity contribution in [1.29, 1.82) is 0 Å². The lowest BCUT2D eigenvalue weighted by atomic mass is 10.0. The fourth-order valence-electron chi connectivity index (χ4n) is 3.39. The zero-order chi connectivity index (χ0) is 21.2. The molecule has 0 aliphatic rings. The summed E-state index contributed by atoms with van der Waals surface area (Å²) < 4.78 is 11.9. The van der Waals surface area contributed by atoms with Gasteiger partial charge in [0.15, 0.2) is 11.5 Å². The second-order valence-corrected chi connectivity index (χ2v) is 7.70. The number of benzene rings is 3. The Morgan fingerprint density at radius 1 is 0.839 bits per heavy atom. The van der Waals surface area contributed by atoms with E-state index < -0.39 is 0 Å². The van der Waals surface area contributed by atoms with Crippen molar-refractivity contribution in [1.82, 2.24) is 5.32 Å². The fraction of sp³-hybridized carbons (Fsp3) is 0.308. The van der Waals surface area contributed by atoms with Crippen LogP contribution in [0.4, 0.5) is 0 Å². The highest BCUT2D eigenvalue weighted by Gasteiger charge is 2.11. The Bertz CT molecular complexity index is 901. The van der Waals surface area contributed by atoms with Gasteiger partial charge in [-0.3, -0.25) is 0 Å². The highest BCUT2D eigenvalue weighted by molar-refractivity contribution is 6.30. The molecule has 0 aliphatic heterocycles. The number of ether oxygens (including phenoxy) is 2. The summed E-state index contributed by atoms with van der Waals surface area (Å²) in [6.07, 6.45) is 2.23. The molecular weight excluding hydrogens is 429 g/mol. The minimum absolute atomic E-state index is 0. The van der Waals surface area contributed by atoms with Crippen LogP contribution >= 0.6 is 24.0 Å². The van der Waals surface area contributed by atoms with Crippen molar-refractivity contribution in [3.63, 3.8) is 0 Å². The van der Waals surface area contributed by atoms with Gasteiger partial charge in [0.05, 0.1) is 6.61 Å². The Morgan fingerprint density at radius 3 is 2.23 bits per heavy atom. The molecule has 0 saturated carbocycles. The van der Waals surface area contributed by atoms with E-state index in [0.29, 0.717) is 19.3 Å². The Morgan fingerprint density at radius 2 is 1.55 bits per heavy atom. The van der Waals surface area contributed by atoms with E-state index in [-0.39, 0.29) is 12.4 Å². The van der Waals surface area contributed by atoms with E-state index in [9.17, 15) is 0 Å². The first-order valence-corrected chi connectivity index (χ1v) is 11.0. The second kappa shape index (κ2) is 13.3. The lowest BCUT2D eigenvalue weighted by Gasteiger charge is -2.19. The first-order valence-electron chi connectivity index (χ1n) is 10.6. The maximum atomic E-state index is 6.02. The number of rotatable bonds is 11. The molecule has 5 heteroatoms. The predicted octanol–water partition coefficient (Wildman–Crippen LogP) is 7.37. The summed E-state index contributed by atoms with van der Waals surface area (Å²) in [7, 11) is 0. The van der Waals surface area contributed by atoms with Crippen LogP contribution in [0.5, 0.6) is 11.5 Å². The smallest absolute Gasteiger partial charge is 0.161 e. The van der Waals surface area contributed by atoms with Crippen LogP contribution in [0.25, 0.3) is 0 Å². The maximum absolute atomic E-state index is 6.02. The van der Waals surface area contributed by atoms with E-state index in [1.165, 1.54) is 11.1 Å². The molecule has 0 fully saturated rings. The van der Waals surface area contributed by atoms with E-state index >= 15 is 0 Å². The summed E-state index contributed by atoms with van der Waals surface area (Å²) in [4.78, 5) is 0. The molecule has 3 aromatic rings. The maximum Gasteiger partial charge on any atom is 0.161 e. The number of halogens is 2. The molecular formula is C26H31Cl2NO2. The van der Waals surface area contributed by atoms with E-state index in [1.807, 2.05) is 37.3 Å². The van der Waals surface area contributed by atoms with Crippen molar-refractivity contribution in [2.45, 2.75) is 45.9 Å². The highest BCUT2D eigenvalue weighted by atomic mass is 35.5. The first-order chi connectivity index (χ1) is 14.7. The van der Waals surface area contributed by atoms with Gasteiger partial charge >= 0.3 is 0 Å². The lowest BCUT2D eigenvalue weighted by molar-refractivity contribution is 0.269.